The molecule has 8 heteroatoms. The highest BCUT2D eigenvalue weighted by molar-refractivity contribution is 8.00. The van der Waals surface area contributed by atoms with E-state index >= 15 is 0 Å². The van der Waals surface area contributed by atoms with Gasteiger partial charge in [0.05, 0.1) is 35.3 Å². The van der Waals surface area contributed by atoms with Crippen LogP contribution in [0.4, 0.5) is 5.13 Å². The molecule has 0 unspecified atom stereocenters. The zero-order chi connectivity index (χ0) is 20.9. The van der Waals surface area contributed by atoms with E-state index in [2.05, 4.69) is 9.97 Å². The Hall–Kier alpha value is -2.61. The molecular formula is C22H18ClN3O2S2. The number of halogens is 1. The van der Waals surface area contributed by atoms with Crippen LogP contribution in [0.2, 0.25) is 5.02 Å². The van der Waals surface area contributed by atoms with Crippen molar-refractivity contribution < 1.29 is 9.53 Å². The van der Waals surface area contributed by atoms with Crippen molar-refractivity contribution in [3.8, 4) is 5.75 Å². The van der Waals surface area contributed by atoms with Gasteiger partial charge in [-0.2, -0.15) is 0 Å². The van der Waals surface area contributed by atoms with Gasteiger partial charge in [-0.25, -0.2) is 4.98 Å². The highest BCUT2D eigenvalue weighted by atomic mass is 35.5. The number of amides is 1. The number of aromatic nitrogens is 2. The van der Waals surface area contributed by atoms with E-state index in [1.54, 1.807) is 18.2 Å². The van der Waals surface area contributed by atoms with E-state index in [9.17, 15) is 4.79 Å². The first-order valence-electron chi connectivity index (χ1n) is 9.15. The monoisotopic (exact) mass is 455 g/mol. The Kier molecular flexibility index (Phi) is 6.52. The van der Waals surface area contributed by atoms with Crippen molar-refractivity contribution in [2.75, 3.05) is 17.8 Å². The number of fused-ring (bicyclic) bond motifs is 1. The topological polar surface area (TPSA) is 55.3 Å². The molecule has 2 aromatic carbocycles. The molecule has 0 saturated carbocycles. The van der Waals surface area contributed by atoms with Gasteiger partial charge < -0.3 is 4.74 Å². The molecular weight excluding hydrogens is 438 g/mol. The number of thiazole rings is 1. The molecule has 4 rings (SSSR count). The quantitative estimate of drug-likeness (QED) is 0.335. The molecule has 2 aromatic heterocycles. The second-order valence-electron chi connectivity index (χ2n) is 6.37. The smallest absolute Gasteiger partial charge is 0.239 e. The number of methoxy groups -OCH3 is 1. The third-order valence-electron chi connectivity index (χ3n) is 4.34. The molecule has 0 aliphatic heterocycles. The molecule has 30 heavy (non-hydrogen) atoms. The maximum atomic E-state index is 13.2. The SMILES string of the molecule is COc1ccc2nc(N(Cc3ccccn3)C(=O)CSc3ccc(Cl)cc3)sc2c1. The van der Waals surface area contributed by atoms with Crippen LogP contribution in [-0.2, 0) is 11.3 Å². The molecule has 0 saturated heterocycles. The Morgan fingerprint density at radius 1 is 1.17 bits per heavy atom. The Labute approximate surface area is 187 Å². The summed E-state index contributed by atoms with van der Waals surface area (Å²) in [6, 6.07) is 18.8. The normalized spacial score (nSPS) is 10.9. The predicted octanol–water partition coefficient (Wildman–Crippen LogP) is 5.68. The van der Waals surface area contributed by atoms with Crippen LogP contribution in [0, 0.1) is 0 Å². The molecule has 0 radical (unpaired) electrons. The molecule has 0 aliphatic carbocycles. The van der Waals surface area contributed by atoms with Crippen molar-refractivity contribution in [2.45, 2.75) is 11.4 Å². The standard InChI is InChI=1S/C22H18ClN3O2S2/c1-28-17-7-10-19-20(12-17)30-22(25-19)26(13-16-4-2-3-11-24-16)21(27)14-29-18-8-5-15(23)6-9-18/h2-12H,13-14H2,1H3. The third-order valence-corrected chi connectivity index (χ3v) is 6.63. The largest absolute Gasteiger partial charge is 0.497 e. The molecule has 0 bridgehead atoms. The molecule has 0 aliphatic rings. The fraction of sp³-hybridized carbons (Fsp3) is 0.136. The number of hydrogen-bond donors (Lipinski definition) is 0. The van der Waals surface area contributed by atoms with E-state index in [0.29, 0.717) is 16.7 Å². The molecule has 0 atom stereocenters. The molecule has 152 valence electrons. The molecule has 0 fully saturated rings. The van der Waals surface area contributed by atoms with E-state index in [1.807, 2.05) is 60.7 Å². The summed E-state index contributed by atoms with van der Waals surface area (Å²) in [6.07, 6.45) is 1.73. The van der Waals surface area contributed by atoms with Gasteiger partial charge in [-0.15, -0.1) is 11.8 Å². The van der Waals surface area contributed by atoms with Crippen molar-refractivity contribution in [1.29, 1.82) is 0 Å². The minimum Gasteiger partial charge on any atom is -0.497 e. The number of nitrogens with zero attached hydrogens (tertiary/aromatic N) is 3. The number of carbonyl (C=O) groups is 1. The number of hydrogen-bond acceptors (Lipinski definition) is 6. The van der Waals surface area contributed by atoms with Crippen LogP contribution in [0.5, 0.6) is 5.75 Å². The van der Waals surface area contributed by atoms with Gasteiger partial charge in [-0.05, 0) is 54.6 Å². The lowest BCUT2D eigenvalue weighted by Gasteiger charge is -2.19. The Morgan fingerprint density at radius 3 is 2.73 bits per heavy atom. The average molecular weight is 456 g/mol. The van der Waals surface area contributed by atoms with Crippen LogP contribution in [0.25, 0.3) is 10.2 Å². The maximum absolute atomic E-state index is 13.2. The second-order valence-corrected chi connectivity index (χ2v) is 8.87. The van der Waals surface area contributed by atoms with Gasteiger partial charge in [0, 0.05) is 16.1 Å². The number of benzene rings is 2. The van der Waals surface area contributed by atoms with Gasteiger partial charge in [0.15, 0.2) is 5.13 Å². The minimum atomic E-state index is -0.0355. The average Bonchev–Trinajstić information content (AvgIpc) is 3.20. The first-order valence-corrected chi connectivity index (χ1v) is 11.3. The Balaban J connectivity index is 1.60. The summed E-state index contributed by atoms with van der Waals surface area (Å²) in [7, 11) is 1.63. The Bertz CT molecular complexity index is 1150. The van der Waals surface area contributed by atoms with Gasteiger partial charge in [0.2, 0.25) is 5.91 Å². The fourth-order valence-electron chi connectivity index (χ4n) is 2.81. The van der Waals surface area contributed by atoms with Gasteiger partial charge >= 0.3 is 0 Å². The summed E-state index contributed by atoms with van der Waals surface area (Å²) in [4.78, 5) is 24.9. The highest BCUT2D eigenvalue weighted by Gasteiger charge is 2.21. The Morgan fingerprint density at radius 2 is 2.00 bits per heavy atom. The molecule has 1 amide bonds. The number of rotatable bonds is 7. The lowest BCUT2D eigenvalue weighted by molar-refractivity contribution is -0.116. The number of carbonyl (C=O) groups excluding carboxylic acids is 1. The second kappa shape index (κ2) is 9.47. The van der Waals surface area contributed by atoms with Crippen molar-refractivity contribution in [3.63, 3.8) is 0 Å². The van der Waals surface area contributed by atoms with Gasteiger partial charge in [0.1, 0.15) is 5.75 Å². The summed E-state index contributed by atoms with van der Waals surface area (Å²) in [5, 5.41) is 1.32. The summed E-state index contributed by atoms with van der Waals surface area (Å²) in [6.45, 7) is 0.359. The highest BCUT2D eigenvalue weighted by Crippen LogP contribution is 2.33. The van der Waals surface area contributed by atoms with Crippen LogP contribution in [0.1, 0.15) is 5.69 Å². The maximum Gasteiger partial charge on any atom is 0.239 e. The molecule has 4 aromatic rings. The lowest BCUT2D eigenvalue weighted by Crippen LogP contribution is -2.32. The van der Waals surface area contributed by atoms with E-state index < -0.39 is 0 Å². The van der Waals surface area contributed by atoms with Crippen molar-refractivity contribution in [3.05, 3.63) is 77.6 Å². The zero-order valence-corrected chi connectivity index (χ0v) is 18.5. The third kappa shape index (κ3) is 4.92. The van der Waals surface area contributed by atoms with Crippen LogP contribution in [0.15, 0.2) is 71.8 Å². The lowest BCUT2D eigenvalue weighted by atomic mass is 10.3. The summed E-state index contributed by atoms with van der Waals surface area (Å²) in [5.41, 5.74) is 1.64. The first kappa shape index (κ1) is 20.7. The molecule has 0 N–H and O–H groups in total. The molecule has 2 heterocycles. The van der Waals surface area contributed by atoms with Crippen molar-refractivity contribution in [2.24, 2.45) is 0 Å². The van der Waals surface area contributed by atoms with Gasteiger partial charge in [-0.1, -0.05) is 29.0 Å². The number of anilines is 1. The van der Waals surface area contributed by atoms with Crippen molar-refractivity contribution >= 4 is 56.0 Å². The summed E-state index contributed by atoms with van der Waals surface area (Å²) < 4.78 is 6.27. The van der Waals surface area contributed by atoms with E-state index in [1.165, 1.54) is 23.1 Å². The molecule has 5 nitrogen and oxygen atoms in total. The van der Waals surface area contributed by atoms with Gasteiger partial charge in [-0.3, -0.25) is 14.7 Å². The van der Waals surface area contributed by atoms with Crippen LogP contribution in [-0.4, -0.2) is 28.7 Å². The fourth-order valence-corrected chi connectivity index (χ4v) is 4.72. The first-order chi connectivity index (χ1) is 14.6. The van der Waals surface area contributed by atoms with Crippen LogP contribution < -0.4 is 9.64 Å². The number of thioether (sulfide) groups is 1. The summed E-state index contributed by atoms with van der Waals surface area (Å²) >= 11 is 8.88. The minimum absolute atomic E-state index is 0.0355. The predicted molar refractivity (Wildman–Crippen MR) is 124 cm³/mol. The number of pyridine rings is 1. The van der Waals surface area contributed by atoms with Crippen molar-refractivity contribution in [1.82, 2.24) is 9.97 Å². The zero-order valence-electron chi connectivity index (χ0n) is 16.1. The van der Waals surface area contributed by atoms with E-state index in [-0.39, 0.29) is 11.7 Å². The van der Waals surface area contributed by atoms with Crippen LogP contribution >= 0.6 is 34.7 Å². The van der Waals surface area contributed by atoms with E-state index in [4.69, 9.17) is 16.3 Å². The summed E-state index contributed by atoms with van der Waals surface area (Å²) in [5.74, 6) is 1.01. The van der Waals surface area contributed by atoms with Gasteiger partial charge in [0.25, 0.3) is 0 Å². The van der Waals surface area contributed by atoms with E-state index in [0.717, 1.165) is 26.6 Å². The molecule has 0 spiro atoms. The van der Waals surface area contributed by atoms with Crippen LogP contribution in [0.3, 0.4) is 0 Å². The number of ether oxygens (including phenoxy) is 1.